The van der Waals surface area contributed by atoms with E-state index in [0.717, 1.165) is 12.1 Å². The Morgan fingerprint density at radius 1 is 1.43 bits per heavy atom. The van der Waals surface area contributed by atoms with Crippen LogP contribution in [0.5, 0.6) is 0 Å². The van der Waals surface area contributed by atoms with Crippen LogP contribution in [0.3, 0.4) is 0 Å². The molecule has 0 aliphatic rings. The lowest BCUT2D eigenvalue weighted by atomic mass is 10.2. The van der Waals surface area contributed by atoms with Crippen molar-refractivity contribution in [3.8, 4) is 0 Å². The monoisotopic (exact) mass is 218 g/mol. The first-order chi connectivity index (χ1) is 6.50. The number of aliphatic carboxylic acids is 1. The molecule has 74 valence electrons. The van der Waals surface area contributed by atoms with E-state index < -0.39 is 17.6 Å². The largest absolute Gasteiger partial charge is 0.478 e. The van der Waals surface area contributed by atoms with Crippen LogP contribution in [-0.2, 0) is 4.79 Å². The van der Waals surface area contributed by atoms with E-state index in [1.807, 2.05) is 0 Å². The summed E-state index contributed by atoms with van der Waals surface area (Å²) in [7, 11) is 0. The number of rotatable bonds is 2. The van der Waals surface area contributed by atoms with Gasteiger partial charge < -0.3 is 5.11 Å². The third-order valence-corrected chi connectivity index (χ3v) is 1.75. The van der Waals surface area contributed by atoms with Crippen LogP contribution in [-0.4, -0.2) is 11.1 Å². The van der Waals surface area contributed by atoms with Gasteiger partial charge in [0.05, 0.1) is 5.03 Å². The lowest BCUT2D eigenvalue weighted by molar-refractivity contribution is -0.131. The summed E-state index contributed by atoms with van der Waals surface area (Å²) in [5.74, 6) is -2.93. The zero-order valence-electron chi connectivity index (χ0n) is 6.80. The van der Waals surface area contributed by atoms with Gasteiger partial charge in [-0.25, -0.2) is 13.6 Å². The van der Waals surface area contributed by atoms with E-state index in [1.165, 1.54) is 0 Å². The number of hydrogen-bond acceptors (Lipinski definition) is 1. The lowest BCUT2D eigenvalue weighted by Crippen LogP contribution is -1.92. The highest BCUT2D eigenvalue weighted by atomic mass is 35.5. The van der Waals surface area contributed by atoms with Crippen molar-refractivity contribution in [2.24, 2.45) is 0 Å². The molecule has 0 radical (unpaired) electrons. The molecule has 0 unspecified atom stereocenters. The van der Waals surface area contributed by atoms with Crippen molar-refractivity contribution in [1.82, 2.24) is 0 Å². The van der Waals surface area contributed by atoms with Gasteiger partial charge in [0.15, 0.2) is 0 Å². The molecule has 0 heterocycles. The maximum Gasteiger partial charge on any atom is 0.329 e. The number of halogens is 3. The molecule has 0 amide bonds. The van der Waals surface area contributed by atoms with Gasteiger partial charge >= 0.3 is 5.97 Å². The van der Waals surface area contributed by atoms with Crippen LogP contribution in [0.25, 0.3) is 5.03 Å². The normalized spacial score (nSPS) is 11.5. The summed E-state index contributed by atoms with van der Waals surface area (Å²) in [6, 6.07) is 2.70. The quantitative estimate of drug-likeness (QED) is 0.775. The Hall–Kier alpha value is -1.42. The molecule has 0 fully saturated rings. The Bertz CT molecular complexity index is 402. The van der Waals surface area contributed by atoms with Crippen molar-refractivity contribution < 1.29 is 18.7 Å². The van der Waals surface area contributed by atoms with E-state index in [4.69, 9.17) is 16.7 Å². The Morgan fingerprint density at radius 2 is 2.07 bits per heavy atom. The standard InChI is InChI=1S/C9H5ClF2O2/c10-7(4-9(13)14)6-2-1-5(11)3-8(6)12/h1-4H,(H,13,14)/b7-4+. The van der Waals surface area contributed by atoms with E-state index in [9.17, 15) is 13.6 Å². The second-order valence-corrected chi connectivity index (χ2v) is 2.86. The van der Waals surface area contributed by atoms with Gasteiger partial charge in [0.2, 0.25) is 0 Å². The van der Waals surface area contributed by atoms with Crippen LogP contribution in [0, 0.1) is 11.6 Å². The summed E-state index contributed by atoms with van der Waals surface area (Å²) >= 11 is 5.48. The molecule has 0 aliphatic carbocycles. The van der Waals surface area contributed by atoms with Crippen LogP contribution in [0.4, 0.5) is 8.78 Å². The third-order valence-electron chi connectivity index (χ3n) is 1.44. The predicted molar refractivity (Wildman–Crippen MR) is 47.8 cm³/mol. The van der Waals surface area contributed by atoms with Crippen LogP contribution < -0.4 is 0 Å². The van der Waals surface area contributed by atoms with Gasteiger partial charge in [-0.1, -0.05) is 11.6 Å². The van der Waals surface area contributed by atoms with Gasteiger partial charge in [0.25, 0.3) is 0 Å². The topological polar surface area (TPSA) is 37.3 Å². The number of carboxylic acid groups (broad SMARTS) is 1. The van der Waals surface area contributed by atoms with Crippen LogP contribution in [0.15, 0.2) is 24.3 Å². The summed E-state index contributed by atoms with van der Waals surface area (Å²) < 4.78 is 25.4. The SMILES string of the molecule is O=C(O)/C=C(/Cl)c1ccc(F)cc1F. The number of hydrogen-bond donors (Lipinski definition) is 1. The minimum absolute atomic E-state index is 0.143. The molecule has 0 saturated heterocycles. The maximum atomic E-state index is 13.0. The zero-order chi connectivity index (χ0) is 10.7. The van der Waals surface area contributed by atoms with Gasteiger partial charge in [-0.2, -0.15) is 0 Å². The second-order valence-electron chi connectivity index (χ2n) is 2.45. The fraction of sp³-hybridized carbons (Fsp3) is 0. The van der Waals surface area contributed by atoms with Crippen molar-refractivity contribution in [2.45, 2.75) is 0 Å². The van der Waals surface area contributed by atoms with E-state index in [1.54, 1.807) is 0 Å². The molecule has 0 aliphatic heterocycles. The van der Waals surface area contributed by atoms with Crippen LogP contribution in [0.1, 0.15) is 5.56 Å². The molecule has 0 spiro atoms. The zero-order valence-corrected chi connectivity index (χ0v) is 7.55. The average Bonchev–Trinajstić information content (AvgIpc) is 2.01. The Balaban J connectivity index is 3.14. The van der Waals surface area contributed by atoms with Crippen molar-refractivity contribution in [1.29, 1.82) is 0 Å². The van der Waals surface area contributed by atoms with Crippen LogP contribution >= 0.6 is 11.6 Å². The van der Waals surface area contributed by atoms with Crippen molar-refractivity contribution in [3.05, 3.63) is 41.5 Å². The van der Waals surface area contributed by atoms with Gasteiger partial charge in [-0.3, -0.25) is 0 Å². The molecule has 0 atom stereocenters. The molecule has 2 nitrogen and oxygen atoms in total. The Labute approximate surface area is 83.4 Å². The lowest BCUT2D eigenvalue weighted by Gasteiger charge is -2.00. The average molecular weight is 219 g/mol. The van der Waals surface area contributed by atoms with Crippen molar-refractivity contribution in [3.63, 3.8) is 0 Å². The molecule has 1 N–H and O–H groups in total. The van der Waals surface area contributed by atoms with E-state index in [-0.39, 0.29) is 10.6 Å². The van der Waals surface area contributed by atoms with E-state index >= 15 is 0 Å². The Kier molecular flexibility index (Phi) is 3.19. The van der Waals surface area contributed by atoms with E-state index in [2.05, 4.69) is 0 Å². The first kappa shape index (κ1) is 10.7. The van der Waals surface area contributed by atoms with E-state index in [0.29, 0.717) is 12.1 Å². The Morgan fingerprint density at radius 3 is 2.57 bits per heavy atom. The summed E-state index contributed by atoms with van der Waals surface area (Å²) in [5, 5.41) is 8.05. The highest BCUT2D eigenvalue weighted by Gasteiger charge is 2.08. The molecule has 1 aromatic carbocycles. The fourth-order valence-corrected chi connectivity index (χ4v) is 1.12. The summed E-state index contributed by atoms with van der Waals surface area (Å²) in [6.45, 7) is 0. The highest BCUT2D eigenvalue weighted by Crippen LogP contribution is 2.22. The van der Waals surface area contributed by atoms with Gasteiger partial charge in [0, 0.05) is 17.7 Å². The van der Waals surface area contributed by atoms with Crippen molar-refractivity contribution >= 4 is 22.6 Å². The molecule has 1 rings (SSSR count). The van der Waals surface area contributed by atoms with Crippen LogP contribution in [0.2, 0.25) is 0 Å². The molecular formula is C9H5ClF2O2. The molecule has 14 heavy (non-hydrogen) atoms. The van der Waals surface area contributed by atoms with Gasteiger partial charge in [-0.15, -0.1) is 0 Å². The van der Waals surface area contributed by atoms with Gasteiger partial charge in [0.1, 0.15) is 11.6 Å². The minimum Gasteiger partial charge on any atom is -0.478 e. The predicted octanol–water partition coefficient (Wildman–Crippen LogP) is 2.63. The number of benzene rings is 1. The van der Waals surface area contributed by atoms with Crippen molar-refractivity contribution in [2.75, 3.05) is 0 Å². The third kappa shape index (κ3) is 2.53. The first-order valence-corrected chi connectivity index (χ1v) is 3.94. The summed E-state index contributed by atoms with van der Waals surface area (Å²) in [6.07, 6.45) is 0.637. The summed E-state index contributed by atoms with van der Waals surface area (Å²) in [5.41, 5.74) is -0.143. The maximum absolute atomic E-state index is 13.0. The fourth-order valence-electron chi connectivity index (χ4n) is 0.869. The smallest absolute Gasteiger partial charge is 0.329 e. The summed E-state index contributed by atoms with van der Waals surface area (Å²) in [4.78, 5) is 10.2. The molecule has 5 heteroatoms. The first-order valence-electron chi connectivity index (χ1n) is 3.56. The number of carbonyl (C=O) groups is 1. The minimum atomic E-state index is -1.29. The molecule has 0 aromatic heterocycles. The molecule has 1 aromatic rings. The second kappa shape index (κ2) is 4.19. The molecular weight excluding hydrogens is 214 g/mol. The highest BCUT2D eigenvalue weighted by molar-refractivity contribution is 6.50. The van der Waals surface area contributed by atoms with Gasteiger partial charge in [-0.05, 0) is 12.1 Å². The molecule has 0 bridgehead atoms. The molecule has 0 saturated carbocycles. The number of carboxylic acids is 1.